The monoisotopic (exact) mass is 415 g/mol. The topological polar surface area (TPSA) is 70.2 Å². The highest BCUT2D eigenvalue weighted by molar-refractivity contribution is 7.87. The third-order valence-electron chi connectivity index (χ3n) is 5.45. The second-order valence-electron chi connectivity index (χ2n) is 7.47. The van der Waals surface area contributed by atoms with Gasteiger partial charge in [0.1, 0.15) is 12.4 Å². The van der Waals surface area contributed by atoms with Crippen molar-refractivity contribution in [3.8, 4) is 5.75 Å². The zero-order valence-corrected chi connectivity index (χ0v) is 17.5. The number of rotatable bonds is 4. The fourth-order valence-corrected chi connectivity index (χ4v) is 5.27. The molecular weight excluding hydrogens is 390 g/mol. The van der Waals surface area contributed by atoms with E-state index in [0.717, 1.165) is 16.7 Å². The molecule has 1 fully saturated rings. The van der Waals surface area contributed by atoms with Crippen molar-refractivity contribution in [3.63, 3.8) is 0 Å². The molecule has 7 nitrogen and oxygen atoms in total. The number of nitrogens with zero attached hydrogens (tertiary/aromatic N) is 3. The van der Waals surface area contributed by atoms with Crippen LogP contribution >= 0.6 is 0 Å². The number of carbonyl (C=O) groups is 1. The van der Waals surface area contributed by atoms with Crippen LogP contribution in [-0.2, 0) is 21.5 Å². The van der Waals surface area contributed by atoms with Crippen molar-refractivity contribution in [2.75, 3.05) is 37.7 Å². The van der Waals surface area contributed by atoms with Gasteiger partial charge in [-0.25, -0.2) is 0 Å². The summed E-state index contributed by atoms with van der Waals surface area (Å²) in [5.74, 6) is 0.419. The van der Waals surface area contributed by atoms with E-state index in [1.807, 2.05) is 56.3 Å². The molecule has 2 aliphatic rings. The molecule has 0 atom stereocenters. The van der Waals surface area contributed by atoms with Crippen molar-refractivity contribution >= 4 is 21.8 Å². The van der Waals surface area contributed by atoms with E-state index in [-0.39, 0.29) is 12.5 Å². The fraction of sp³-hybridized carbons (Fsp3) is 0.381. The summed E-state index contributed by atoms with van der Waals surface area (Å²) in [6, 6.07) is 13.4. The minimum absolute atomic E-state index is 0.167. The van der Waals surface area contributed by atoms with E-state index < -0.39 is 10.2 Å². The molecule has 4 rings (SSSR count). The van der Waals surface area contributed by atoms with E-state index in [9.17, 15) is 13.2 Å². The van der Waals surface area contributed by atoms with Gasteiger partial charge in [0.25, 0.3) is 10.2 Å². The highest BCUT2D eigenvalue weighted by Crippen LogP contribution is 2.33. The number of aryl methyl sites for hydroxylation is 2. The lowest BCUT2D eigenvalue weighted by Crippen LogP contribution is -2.45. The van der Waals surface area contributed by atoms with E-state index in [0.29, 0.717) is 44.2 Å². The molecule has 0 spiro atoms. The lowest BCUT2D eigenvalue weighted by atomic mass is 10.1. The Labute approximate surface area is 171 Å². The molecule has 1 amide bonds. The number of hydrogen-bond acceptors (Lipinski definition) is 4. The number of anilines is 1. The second kappa shape index (κ2) is 7.78. The van der Waals surface area contributed by atoms with E-state index in [1.54, 1.807) is 4.90 Å². The quantitative estimate of drug-likeness (QED) is 0.767. The number of ether oxygens (including phenoxy) is 1. The summed E-state index contributed by atoms with van der Waals surface area (Å²) in [6.45, 7) is 5.57. The van der Waals surface area contributed by atoms with Gasteiger partial charge in [0.2, 0.25) is 5.91 Å². The molecular formula is C21H25N3O4S. The van der Waals surface area contributed by atoms with Crippen molar-refractivity contribution in [1.82, 2.24) is 8.61 Å². The number of carbonyl (C=O) groups excluding carboxylic acids is 1. The molecule has 2 heterocycles. The van der Waals surface area contributed by atoms with E-state index in [4.69, 9.17) is 4.74 Å². The Balaban J connectivity index is 1.49. The standard InChI is InChI=1S/C21H25N3O4S/c1-16-7-8-20-19(13-16)24(11-12-28-20)21(25)15-23-10-9-22(29(23,26)27)14-18-6-4-3-5-17(18)2/h3-8,13H,9-12,14-15H2,1-2H3. The van der Waals surface area contributed by atoms with Crippen LogP contribution in [0.4, 0.5) is 5.69 Å². The predicted octanol–water partition coefficient (Wildman–Crippen LogP) is 2.09. The minimum Gasteiger partial charge on any atom is -0.490 e. The first kappa shape index (κ1) is 19.9. The summed E-state index contributed by atoms with van der Waals surface area (Å²) >= 11 is 0. The average molecular weight is 416 g/mol. The molecule has 2 aromatic rings. The molecule has 29 heavy (non-hydrogen) atoms. The van der Waals surface area contributed by atoms with E-state index in [2.05, 4.69) is 0 Å². The SMILES string of the molecule is Cc1ccc2c(c1)N(C(=O)CN1CCN(Cc3ccccc3C)S1(=O)=O)CCO2. The van der Waals surface area contributed by atoms with Crippen LogP contribution in [0.1, 0.15) is 16.7 Å². The van der Waals surface area contributed by atoms with Crippen LogP contribution in [0.5, 0.6) is 5.75 Å². The normalized spacial score (nSPS) is 19.0. The van der Waals surface area contributed by atoms with Crippen molar-refractivity contribution in [3.05, 3.63) is 59.2 Å². The first-order valence-electron chi connectivity index (χ1n) is 9.70. The van der Waals surface area contributed by atoms with Gasteiger partial charge in [-0.05, 0) is 42.7 Å². The zero-order valence-electron chi connectivity index (χ0n) is 16.7. The van der Waals surface area contributed by atoms with Crippen molar-refractivity contribution < 1.29 is 17.9 Å². The van der Waals surface area contributed by atoms with Gasteiger partial charge in [-0.3, -0.25) is 4.79 Å². The van der Waals surface area contributed by atoms with Gasteiger partial charge in [-0.1, -0.05) is 30.3 Å². The number of hydrogen-bond donors (Lipinski definition) is 0. The van der Waals surface area contributed by atoms with E-state index in [1.165, 1.54) is 8.61 Å². The molecule has 0 N–H and O–H groups in total. The maximum Gasteiger partial charge on any atom is 0.282 e. The predicted molar refractivity (Wildman–Crippen MR) is 111 cm³/mol. The molecule has 0 saturated carbocycles. The van der Waals surface area contributed by atoms with Gasteiger partial charge in [0.05, 0.1) is 18.8 Å². The van der Waals surface area contributed by atoms with Gasteiger partial charge in [0, 0.05) is 19.6 Å². The third-order valence-corrected chi connectivity index (χ3v) is 7.38. The van der Waals surface area contributed by atoms with Crippen LogP contribution in [0, 0.1) is 13.8 Å². The molecule has 0 bridgehead atoms. The van der Waals surface area contributed by atoms with Crippen LogP contribution in [0.3, 0.4) is 0 Å². The lowest BCUT2D eigenvalue weighted by Gasteiger charge is -2.31. The fourth-order valence-electron chi connectivity index (χ4n) is 3.74. The lowest BCUT2D eigenvalue weighted by molar-refractivity contribution is -0.119. The molecule has 2 aromatic carbocycles. The van der Waals surface area contributed by atoms with Crippen LogP contribution in [0.15, 0.2) is 42.5 Å². The van der Waals surface area contributed by atoms with Gasteiger partial charge in [-0.2, -0.15) is 17.0 Å². The molecule has 0 aromatic heterocycles. The van der Waals surface area contributed by atoms with Gasteiger partial charge < -0.3 is 9.64 Å². The summed E-state index contributed by atoms with van der Waals surface area (Å²) < 4.78 is 34.3. The molecule has 0 aliphatic carbocycles. The Morgan fingerprint density at radius 1 is 1.03 bits per heavy atom. The van der Waals surface area contributed by atoms with Crippen LogP contribution in [0.2, 0.25) is 0 Å². The van der Waals surface area contributed by atoms with Crippen LogP contribution < -0.4 is 9.64 Å². The van der Waals surface area contributed by atoms with Gasteiger partial charge in [-0.15, -0.1) is 0 Å². The van der Waals surface area contributed by atoms with Gasteiger partial charge in [0.15, 0.2) is 0 Å². The summed E-state index contributed by atoms with van der Waals surface area (Å²) in [5.41, 5.74) is 3.75. The highest BCUT2D eigenvalue weighted by Gasteiger charge is 2.39. The molecule has 8 heteroatoms. The minimum atomic E-state index is -3.67. The Kier molecular flexibility index (Phi) is 5.33. The third kappa shape index (κ3) is 3.88. The maximum absolute atomic E-state index is 13.0. The second-order valence-corrected chi connectivity index (χ2v) is 9.39. The summed E-state index contributed by atoms with van der Waals surface area (Å²) in [4.78, 5) is 14.6. The molecule has 2 aliphatic heterocycles. The summed E-state index contributed by atoms with van der Waals surface area (Å²) in [6.07, 6.45) is 0. The van der Waals surface area contributed by atoms with Crippen molar-refractivity contribution in [1.29, 1.82) is 0 Å². The smallest absolute Gasteiger partial charge is 0.282 e. The Morgan fingerprint density at radius 2 is 1.79 bits per heavy atom. The Hall–Kier alpha value is -2.42. The summed E-state index contributed by atoms with van der Waals surface area (Å²) in [7, 11) is -3.67. The first-order valence-corrected chi connectivity index (χ1v) is 11.1. The molecule has 0 radical (unpaired) electrons. The maximum atomic E-state index is 13.0. The molecule has 154 valence electrons. The molecule has 1 saturated heterocycles. The first-order chi connectivity index (χ1) is 13.9. The zero-order chi connectivity index (χ0) is 20.6. The highest BCUT2D eigenvalue weighted by atomic mass is 32.2. The largest absolute Gasteiger partial charge is 0.490 e. The summed E-state index contributed by atoms with van der Waals surface area (Å²) in [5, 5.41) is 0. The number of amides is 1. The number of benzene rings is 2. The Morgan fingerprint density at radius 3 is 2.59 bits per heavy atom. The van der Waals surface area contributed by atoms with Crippen molar-refractivity contribution in [2.24, 2.45) is 0 Å². The number of fused-ring (bicyclic) bond motifs is 1. The van der Waals surface area contributed by atoms with E-state index >= 15 is 0 Å². The average Bonchev–Trinajstić information content (AvgIpc) is 2.96. The van der Waals surface area contributed by atoms with Crippen molar-refractivity contribution in [2.45, 2.75) is 20.4 Å². The van der Waals surface area contributed by atoms with Crippen LogP contribution in [0.25, 0.3) is 0 Å². The van der Waals surface area contributed by atoms with Crippen LogP contribution in [-0.4, -0.2) is 55.7 Å². The Bertz CT molecular complexity index is 1040. The van der Waals surface area contributed by atoms with Gasteiger partial charge >= 0.3 is 0 Å². The molecule has 0 unspecified atom stereocenters.